The van der Waals surface area contributed by atoms with Gasteiger partial charge in [-0.15, -0.1) is 0 Å². The Balaban J connectivity index is 0.000000859. The summed E-state index contributed by atoms with van der Waals surface area (Å²) in [7, 11) is -13.3. The molecule has 1 heterocycles. The van der Waals surface area contributed by atoms with Crippen molar-refractivity contribution in [3.63, 3.8) is 0 Å². The number of aryl methyl sites for hydroxylation is 1. The molecule has 0 aliphatic carbocycles. The zero-order valence-corrected chi connectivity index (χ0v) is 34.5. The van der Waals surface area contributed by atoms with E-state index >= 15 is 0 Å². The number of benzene rings is 4. The third kappa shape index (κ3) is 16.8. The smallest absolute Gasteiger partial charge is 0.741 e. The van der Waals surface area contributed by atoms with Crippen LogP contribution in [0.4, 0.5) is 26.3 Å². The first kappa shape index (κ1) is 51.8. The van der Waals surface area contributed by atoms with Crippen LogP contribution in [-0.2, 0) is 49.9 Å². The molecule has 0 amide bonds. The second kappa shape index (κ2) is 22.5. The number of alkyl halides is 6. The summed E-state index contributed by atoms with van der Waals surface area (Å²) in [6.45, 7) is 11.6. The number of aliphatic imine (C=N–C) groups is 1. The Morgan fingerprint density at radius 1 is 0.691 bits per heavy atom. The molecule has 3 N–H and O–H groups in total. The first-order valence-electron chi connectivity index (χ1n) is 15.8. The van der Waals surface area contributed by atoms with E-state index in [1.54, 1.807) is 0 Å². The van der Waals surface area contributed by atoms with E-state index in [2.05, 4.69) is 144 Å². The summed E-state index contributed by atoms with van der Waals surface area (Å²) < 4.78 is 124. The molecule has 5 rings (SSSR count). The van der Waals surface area contributed by atoms with Crippen LogP contribution in [0.1, 0.15) is 50.3 Å². The van der Waals surface area contributed by atoms with Crippen molar-refractivity contribution in [2.45, 2.75) is 57.6 Å². The van der Waals surface area contributed by atoms with Crippen molar-refractivity contribution in [3.8, 4) is 0 Å². The molecule has 0 radical (unpaired) electrons. The van der Waals surface area contributed by atoms with Crippen LogP contribution >= 0.6 is 7.92 Å². The van der Waals surface area contributed by atoms with Gasteiger partial charge in [0.15, 0.2) is 20.2 Å². The van der Waals surface area contributed by atoms with Crippen molar-refractivity contribution in [2.24, 2.45) is 10.9 Å². The molecular weight excluding hydrogens is 885 g/mol. The summed E-state index contributed by atoms with van der Waals surface area (Å²) in [5, 5.41) is 4.09. The van der Waals surface area contributed by atoms with Gasteiger partial charge in [-0.3, -0.25) is 0 Å². The maximum atomic E-state index is 10.7. The molecule has 0 bridgehead atoms. The molecule has 9 nitrogen and oxygen atoms in total. The summed E-state index contributed by atoms with van der Waals surface area (Å²) in [6.07, 6.45) is 0. The zero-order valence-electron chi connectivity index (χ0n) is 30.2. The van der Waals surface area contributed by atoms with Crippen LogP contribution in [0.3, 0.4) is 0 Å². The van der Waals surface area contributed by atoms with Gasteiger partial charge in [0, 0.05) is 0 Å². The molecule has 4 aromatic carbocycles. The maximum Gasteiger partial charge on any atom is 2.00 e. The quantitative estimate of drug-likeness (QED) is 0.0548. The van der Waals surface area contributed by atoms with Crippen molar-refractivity contribution >= 4 is 50.0 Å². The number of hydrogen-bond acceptors (Lipinski definition) is 8. The molecule has 55 heavy (non-hydrogen) atoms. The Kier molecular flexibility index (Phi) is 21.2. The van der Waals surface area contributed by atoms with Crippen molar-refractivity contribution in [1.82, 2.24) is 0 Å². The monoisotopic (exact) mass is 927 g/mol. The topological polar surface area (TPSA) is 169 Å². The predicted octanol–water partition coefficient (Wildman–Crippen LogP) is 6.28. The molecule has 304 valence electrons. The fourth-order valence-electron chi connectivity index (χ4n) is 4.40. The van der Waals surface area contributed by atoms with Gasteiger partial charge >= 0.3 is 30.5 Å². The Morgan fingerprint density at radius 3 is 1.42 bits per heavy atom. The van der Waals surface area contributed by atoms with Gasteiger partial charge in [0.1, 0.15) is 22.5 Å². The number of halogens is 6. The largest absolute Gasteiger partial charge is 2.00 e. The Bertz CT molecular complexity index is 1900. The third-order valence-corrected chi connectivity index (χ3v) is 11.2. The van der Waals surface area contributed by atoms with E-state index < -0.39 is 39.2 Å². The van der Waals surface area contributed by atoms with Gasteiger partial charge in [0.25, 0.3) is 0 Å². The average Bonchev–Trinajstić information content (AvgIpc) is 3.57. The summed E-state index contributed by atoms with van der Waals surface area (Å²) in [6, 6.07) is 39.2. The van der Waals surface area contributed by atoms with E-state index in [-0.39, 0.29) is 31.0 Å². The fourth-order valence-corrected chi connectivity index (χ4v) is 7.13. The summed E-state index contributed by atoms with van der Waals surface area (Å²) >= 11 is 0. The van der Waals surface area contributed by atoms with Crippen molar-refractivity contribution in [3.05, 3.63) is 126 Å². The van der Waals surface area contributed by atoms with Gasteiger partial charge in [-0.2, -0.15) is 26.3 Å². The van der Waals surface area contributed by atoms with Crippen LogP contribution in [0.5, 0.6) is 0 Å². The van der Waals surface area contributed by atoms with Crippen LogP contribution in [0.15, 0.2) is 114 Å². The number of nitrogens with zero attached hydrogens (tertiary/aromatic N) is 1. The SMILES string of the molecule is CC(C)[C@H]1COC(c2ccccc2[PH+](c2ccccc2)c2ccccc2)=N1.Cc1ccc(C(C)C)cc1.O=S(=O)([O-])C(F)(F)F.O=S(=O)([O-])C(F)(F)F.[OH3+].[Ru+2]. The van der Waals surface area contributed by atoms with Crippen LogP contribution in [0.25, 0.3) is 0 Å². The van der Waals surface area contributed by atoms with E-state index in [4.69, 9.17) is 35.7 Å². The predicted molar refractivity (Wildman–Crippen MR) is 199 cm³/mol. The van der Waals surface area contributed by atoms with Crippen LogP contribution in [0, 0.1) is 12.8 Å². The summed E-state index contributed by atoms with van der Waals surface area (Å²) in [5.41, 5.74) is -7.39. The minimum atomic E-state index is -6.09. The fraction of sp³-hybridized carbons (Fsp3) is 0.306. The van der Waals surface area contributed by atoms with Crippen molar-refractivity contribution in [2.75, 3.05) is 6.61 Å². The summed E-state index contributed by atoms with van der Waals surface area (Å²) in [5.74, 6) is 1.95. The van der Waals surface area contributed by atoms with Crippen molar-refractivity contribution < 1.29 is 82.0 Å². The first-order chi connectivity index (χ1) is 24.4. The molecule has 1 aliphatic rings. The molecule has 0 spiro atoms. The molecule has 19 heteroatoms. The molecule has 0 saturated carbocycles. The molecule has 4 aromatic rings. The average molecular weight is 927 g/mol. The van der Waals surface area contributed by atoms with Gasteiger partial charge in [-0.05, 0) is 60.7 Å². The number of rotatable bonds is 6. The van der Waals surface area contributed by atoms with Gasteiger partial charge in [-0.1, -0.05) is 106 Å². The van der Waals surface area contributed by atoms with Crippen LogP contribution in [0.2, 0.25) is 0 Å². The number of ether oxygens (including phenoxy) is 1. The second-order valence-electron chi connectivity index (χ2n) is 12.1. The van der Waals surface area contributed by atoms with Crippen molar-refractivity contribution in [1.29, 1.82) is 0 Å². The third-order valence-electron chi connectivity index (χ3n) is 7.31. The van der Waals surface area contributed by atoms with E-state index in [0.717, 1.165) is 11.5 Å². The molecule has 0 fully saturated rings. The minimum Gasteiger partial charge on any atom is -0.741 e. The van der Waals surface area contributed by atoms with Gasteiger partial charge in [0.05, 0.1) is 19.5 Å². The Morgan fingerprint density at radius 2 is 1.07 bits per heavy atom. The number of hydrogen-bond donors (Lipinski definition) is 0. The van der Waals surface area contributed by atoms with Gasteiger partial charge < -0.3 is 19.3 Å². The zero-order chi connectivity index (χ0) is 40.2. The molecule has 1 atom stereocenters. The maximum absolute atomic E-state index is 10.7. The van der Waals surface area contributed by atoms with E-state index in [9.17, 15) is 26.3 Å². The Labute approximate surface area is 331 Å². The van der Waals surface area contributed by atoms with Crippen LogP contribution in [-0.4, -0.2) is 55.5 Å². The minimum absolute atomic E-state index is 0. The standard InChI is InChI=1S/C24H24NOP.C10H14.2CHF3O3S.H2O.Ru/c1-18(2)22-17-26-24(25-22)21-15-9-10-16-23(21)27(19-11-5-3-6-12-19)20-13-7-4-8-14-20;1-8(2)10-6-4-9(3)5-7-10;2*2-1(3,4)8(5,6)7;;/h3-16,18,22H,17H2,1-2H3;4-8H,1-3H3;2*(H,5,6,7);1H2;/q;;;;;+2/t22-;;;;;/m1...../s1. The molecule has 1 aliphatic heterocycles. The normalized spacial score (nSPS) is 14.0. The second-order valence-corrected chi connectivity index (χ2v) is 17.3. The molecule has 0 aromatic heterocycles. The van der Waals surface area contributed by atoms with Gasteiger partial charge in [0.2, 0.25) is 5.90 Å². The van der Waals surface area contributed by atoms with E-state index in [0.29, 0.717) is 18.4 Å². The molecular formula is C36H42F6NO8PRuS2+2. The molecule has 0 saturated heterocycles. The summed E-state index contributed by atoms with van der Waals surface area (Å²) in [4.78, 5) is 4.90. The van der Waals surface area contributed by atoms with E-state index in [1.165, 1.54) is 27.0 Å². The van der Waals surface area contributed by atoms with Gasteiger partial charge in [-0.25, -0.2) is 21.8 Å². The molecule has 0 unspecified atom stereocenters. The first-order valence-corrected chi connectivity index (χ1v) is 20.1. The Hall–Kier alpha value is -3.24. The van der Waals surface area contributed by atoms with Crippen LogP contribution < -0.4 is 15.9 Å². The van der Waals surface area contributed by atoms with E-state index in [1.807, 2.05) is 0 Å².